The van der Waals surface area contributed by atoms with Crippen LogP contribution in [0.5, 0.6) is 0 Å². The van der Waals surface area contributed by atoms with Gasteiger partial charge in [0, 0.05) is 6.54 Å². The van der Waals surface area contributed by atoms with Crippen molar-refractivity contribution in [2.24, 2.45) is 39.9 Å². The molecule has 0 aromatic carbocycles. The Balaban J connectivity index is 5.56. The lowest BCUT2D eigenvalue weighted by Crippen LogP contribution is -2.58. The van der Waals surface area contributed by atoms with Crippen molar-refractivity contribution in [2.75, 3.05) is 6.54 Å². The third-order valence-corrected chi connectivity index (χ3v) is 5.21. The van der Waals surface area contributed by atoms with E-state index in [9.17, 15) is 24.3 Å². The maximum absolute atomic E-state index is 13.1. The summed E-state index contributed by atoms with van der Waals surface area (Å²) in [5, 5.41) is 17.3. The number of rotatable bonds is 16. The van der Waals surface area contributed by atoms with Crippen molar-refractivity contribution < 1.29 is 24.3 Å². The summed E-state index contributed by atoms with van der Waals surface area (Å²) in [7, 11) is 0. The number of carboxylic acid groups (broad SMARTS) is 1. The SMILES string of the molecule is CC(C)CC(N)C(=O)NC(C(=O)NC(CCCN=C(N)N)C(=O)NC(CC(C)C)C(=O)O)C(C)C. The topological polar surface area (TPSA) is 215 Å². The molecule has 0 rings (SSSR count). The minimum atomic E-state index is -1.16. The molecule has 0 heterocycles. The van der Waals surface area contributed by atoms with Crippen LogP contribution in [0.4, 0.5) is 0 Å². The average Bonchev–Trinajstić information content (AvgIpc) is 2.71. The minimum absolute atomic E-state index is 0.0295. The Bertz CT molecular complexity index is 736. The number of amides is 3. The Morgan fingerprint density at radius 2 is 1.34 bits per heavy atom. The van der Waals surface area contributed by atoms with Gasteiger partial charge in [0.1, 0.15) is 18.1 Å². The van der Waals surface area contributed by atoms with Crippen molar-refractivity contribution in [3.8, 4) is 0 Å². The number of carboxylic acids is 1. The number of carbonyl (C=O) groups excluding carboxylic acids is 3. The number of hydrogen-bond acceptors (Lipinski definition) is 6. The van der Waals surface area contributed by atoms with Crippen LogP contribution >= 0.6 is 0 Å². The first-order valence-electron chi connectivity index (χ1n) is 12.1. The summed E-state index contributed by atoms with van der Waals surface area (Å²) in [6.07, 6.45) is 1.21. The lowest BCUT2D eigenvalue weighted by Gasteiger charge is -2.27. The van der Waals surface area contributed by atoms with Gasteiger partial charge < -0.3 is 38.3 Å². The lowest BCUT2D eigenvalue weighted by molar-refractivity contribution is -0.143. The first-order chi connectivity index (χ1) is 16.1. The van der Waals surface area contributed by atoms with Crippen LogP contribution in [0, 0.1) is 17.8 Å². The van der Waals surface area contributed by atoms with E-state index in [1.54, 1.807) is 13.8 Å². The molecule has 4 unspecified atom stereocenters. The predicted octanol–water partition coefficient (Wildman–Crippen LogP) is -0.345. The van der Waals surface area contributed by atoms with Crippen LogP contribution in [0.15, 0.2) is 4.99 Å². The van der Waals surface area contributed by atoms with Gasteiger partial charge in [-0.05, 0) is 43.4 Å². The summed E-state index contributed by atoms with van der Waals surface area (Å²) < 4.78 is 0. The van der Waals surface area contributed by atoms with Crippen LogP contribution in [0.25, 0.3) is 0 Å². The Kier molecular flexibility index (Phi) is 14.6. The molecule has 0 aromatic heterocycles. The first kappa shape index (κ1) is 32.1. The van der Waals surface area contributed by atoms with E-state index < -0.39 is 47.9 Å². The largest absolute Gasteiger partial charge is 0.480 e. The van der Waals surface area contributed by atoms with Crippen LogP contribution in [0.2, 0.25) is 0 Å². The molecule has 0 spiro atoms. The molecule has 0 aliphatic rings. The second-order valence-corrected chi connectivity index (χ2v) is 10.0. The number of guanidine groups is 1. The monoisotopic (exact) mass is 499 g/mol. The Morgan fingerprint density at radius 1 is 0.800 bits per heavy atom. The van der Waals surface area contributed by atoms with Gasteiger partial charge >= 0.3 is 5.97 Å². The molecule has 0 saturated carbocycles. The van der Waals surface area contributed by atoms with Gasteiger partial charge in [-0.15, -0.1) is 0 Å². The number of nitrogens with one attached hydrogen (secondary N) is 3. The van der Waals surface area contributed by atoms with Crippen molar-refractivity contribution in [3.05, 3.63) is 0 Å². The molecule has 202 valence electrons. The zero-order chi connectivity index (χ0) is 27.3. The highest BCUT2D eigenvalue weighted by Gasteiger charge is 2.31. The maximum Gasteiger partial charge on any atom is 0.326 e. The summed E-state index contributed by atoms with van der Waals surface area (Å²) in [4.78, 5) is 54.0. The molecule has 35 heavy (non-hydrogen) atoms. The van der Waals surface area contributed by atoms with Gasteiger partial charge in [-0.3, -0.25) is 19.4 Å². The van der Waals surface area contributed by atoms with Crippen molar-refractivity contribution in [2.45, 2.75) is 91.4 Å². The fourth-order valence-electron chi connectivity index (χ4n) is 3.41. The van der Waals surface area contributed by atoms with Gasteiger partial charge in [0.05, 0.1) is 6.04 Å². The third-order valence-electron chi connectivity index (χ3n) is 5.21. The number of aliphatic carboxylic acids is 1. The van der Waals surface area contributed by atoms with Gasteiger partial charge in [0.25, 0.3) is 0 Å². The molecule has 10 N–H and O–H groups in total. The van der Waals surface area contributed by atoms with Crippen LogP contribution in [0.1, 0.15) is 67.2 Å². The van der Waals surface area contributed by atoms with E-state index in [0.29, 0.717) is 12.8 Å². The number of carbonyl (C=O) groups is 4. The zero-order valence-corrected chi connectivity index (χ0v) is 21.8. The number of aliphatic imine (C=N–C) groups is 1. The van der Waals surface area contributed by atoms with E-state index >= 15 is 0 Å². The van der Waals surface area contributed by atoms with E-state index in [-0.39, 0.29) is 43.1 Å². The molecule has 0 bridgehead atoms. The second kappa shape index (κ2) is 15.9. The van der Waals surface area contributed by atoms with Crippen molar-refractivity contribution >= 4 is 29.7 Å². The summed E-state index contributed by atoms with van der Waals surface area (Å²) in [6.45, 7) is 11.3. The number of hydrogen-bond donors (Lipinski definition) is 7. The Morgan fingerprint density at radius 3 is 1.80 bits per heavy atom. The normalized spacial score (nSPS) is 14.7. The molecule has 0 fully saturated rings. The average molecular weight is 500 g/mol. The van der Waals surface area contributed by atoms with Crippen LogP contribution < -0.4 is 33.2 Å². The lowest BCUT2D eigenvalue weighted by atomic mass is 9.99. The van der Waals surface area contributed by atoms with E-state index in [0.717, 1.165) is 0 Å². The van der Waals surface area contributed by atoms with E-state index in [1.165, 1.54) is 0 Å². The van der Waals surface area contributed by atoms with Gasteiger partial charge in [0.15, 0.2) is 5.96 Å². The summed E-state index contributed by atoms with van der Waals surface area (Å²) in [6, 6.07) is -3.85. The molecule has 0 aromatic rings. The third kappa shape index (κ3) is 13.5. The molecule has 3 amide bonds. The Hall–Kier alpha value is -2.89. The summed E-state index contributed by atoms with van der Waals surface area (Å²) >= 11 is 0. The molecule has 4 atom stereocenters. The molecular weight excluding hydrogens is 454 g/mol. The summed E-state index contributed by atoms with van der Waals surface area (Å²) in [5.41, 5.74) is 16.6. The smallest absolute Gasteiger partial charge is 0.326 e. The van der Waals surface area contributed by atoms with Gasteiger partial charge in [-0.2, -0.15) is 0 Å². The maximum atomic E-state index is 13.1. The quantitative estimate of drug-likeness (QED) is 0.0844. The van der Waals surface area contributed by atoms with Crippen LogP contribution in [-0.4, -0.2) is 65.5 Å². The highest BCUT2D eigenvalue weighted by Crippen LogP contribution is 2.09. The zero-order valence-electron chi connectivity index (χ0n) is 21.8. The van der Waals surface area contributed by atoms with Crippen molar-refractivity contribution in [3.63, 3.8) is 0 Å². The molecule has 0 aliphatic heterocycles. The van der Waals surface area contributed by atoms with Crippen LogP contribution in [-0.2, 0) is 19.2 Å². The standard InChI is InChI=1S/C23H45N7O5/c1-12(2)10-15(24)19(31)30-18(14(5)6)21(33)28-16(8-7-9-27-23(25)26)20(32)29-17(22(34)35)11-13(3)4/h12-18H,7-11,24H2,1-6H3,(H,28,33)(H,29,32)(H,30,31)(H,34,35)(H4,25,26,27). The fourth-order valence-corrected chi connectivity index (χ4v) is 3.41. The second-order valence-electron chi connectivity index (χ2n) is 10.0. The fraction of sp³-hybridized carbons (Fsp3) is 0.783. The minimum Gasteiger partial charge on any atom is -0.480 e. The van der Waals surface area contributed by atoms with Crippen molar-refractivity contribution in [1.82, 2.24) is 16.0 Å². The molecule has 12 heteroatoms. The molecule has 12 nitrogen and oxygen atoms in total. The molecule has 0 aliphatic carbocycles. The highest BCUT2D eigenvalue weighted by molar-refractivity contribution is 5.94. The first-order valence-corrected chi connectivity index (χ1v) is 12.1. The number of nitrogens with two attached hydrogens (primary N) is 3. The predicted molar refractivity (Wildman–Crippen MR) is 135 cm³/mol. The van der Waals surface area contributed by atoms with Crippen LogP contribution in [0.3, 0.4) is 0 Å². The Labute approximate surface area is 208 Å². The highest BCUT2D eigenvalue weighted by atomic mass is 16.4. The number of nitrogens with zero attached hydrogens (tertiary/aromatic N) is 1. The summed E-state index contributed by atoms with van der Waals surface area (Å²) in [5.74, 6) is -2.98. The van der Waals surface area contributed by atoms with Gasteiger partial charge in [0.2, 0.25) is 17.7 Å². The van der Waals surface area contributed by atoms with Gasteiger partial charge in [-0.25, -0.2) is 4.79 Å². The van der Waals surface area contributed by atoms with E-state index in [1.807, 2.05) is 27.7 Å². The molecular formula is C23H45N7O5. The van der Waals surface area contributed by atoms with E-state index in [2.05, 4.69) is 20.9 Å². The van der Waals surface area contributed by atoms with Crippen molar-refractivity contribution in [1.29, 1.82) is 0 Å². The molecule has 0 radical (unpaired) electrons. The van der Waals surface area contributed by atoms with Gasteiger partial charge in [-0.1, -0.05) is 41.5 Å². The van der Waals surface area contributed by atoms with E-state index in [4.69, 9.17) is 17.2 Å². The molecule has 0 saturated heterocycles.